The molecule has 1 aliphatic rings. The zero-order chi connectivity index (χ0) is 12.4. The van der Waals surface area contributed by atoms with Crippen molar-refractivity contribution in [1.29, 1.82) is 0 Å². The normalized spacial score (nSPS) is 17.2. The van der Waals surface area contributed by atoms with Gasteiger partial charge in [-0.2, -0.15) is 0 Å². The maximum absolute atomic E-state index is 12.1. The summed E-state index contributed by atoms with van der Waals surface area (Å²) in [5.41, 5.74) is 0.744. The first-order chi connectivity index (χ1) is 8.08. The fourth-order valence-corrected chi connectivity index (χ4v) is 2.16. The number of aromatic amines is 1. The van der Waals surface area contributed by atoms with Crippen LogP contribution in [0.3, 0.4) is 0 Å². The molecule has 0 radical (unpaired) electrons. The minimum atomic E-state index is -0.223. The molecule has 0 spiro atoms. The third-order valence-corrected chi connectivity index (χ3v) is 3.44. The molecule has 1 N–H and O–H groups in total. The summed E-state index contributed by atoms with van der Waals surface area (Å²) in [6.45, 7) is 3.04. The molecular formula is C12H15ClN2O2. The Hall–Kier alpha value is -1.29. The number of aromatic nitrogens is 1. The summed E-state index contributed by atoms with van der Waals surface area (Å²) in [5, 5.41) is 0.148. The second kappa shape index (κ2) is 4.92. The highest BCUT2D eigenvalue weighted by Gasteiger charge is 2.23. The number of alkyl halides is 1. The fraction of sp³-hybridized carbons (Fsp3) is 0.500. The van der Waals surface area contributed by atoms with E-state index in [2.05, 4.69) is 4.98 Å². The molecule has 5 heteroatoms. The number of carbonyl (C=O) groups is 1. The third-order valence-electron chi connectivity index (χ3n) is 3.00. The van der Waals surface area contributed by atoms with E-state index in [1.807, 2.05) is 0 Å². The van der Waals surface area contributed by atoms with Crippen molar-refractivity contribution in [3.63, 3.8) is 0 Å². The molecule has 4 nitrogen and oxygen atoms in total. The number of nitrogens with zero attached hydrogens (tertiary/aromatic N) is 1. The van der Waals surface area contributed by atoms with E-state index in [0.717, 1.165) is 18.5 Å². The van der Waals surface area contributed by atoms with Gasteiger partial charge in [-0.3, -0.25) is 9.59 Å². The SMILES string of the molecule is Cc1cc(=O)c(C(=O)N2CCC(Cl)CC2)c[nH]1. The van der Waals surface area contributed by atoms with Gasteiger partial charge in [0, 0.05) is 36.4 Å². The average Bonchev–Trinajstić information content (AvgIpc) is 2.29. The Kier molecular flexibility index (Phi) is 3.52. The van der Waals surface area contributed by atoms with E-state index in [1.165, 1.54) is 12.3 Å². The van der Waals surface area contributed by atoms with E-state index >= 15 is 0 Å². The smallest absolute Gasteiger partial charge is 0.259 e. The van der Waals surface area contributed by atoms with Gasteiger partial charge in [-0.1, -0.05) is 0 Å². The Bertz CT molecular complexity index is 476. The quantitative estimate of drug-likeness (QED) is 0.773. The number of piperidine rings is 1. The number of H-pyrrole nitrogens is 1. The lowest BCUT2D eigenvalue weighted by molar-refractivity contribution is 0.0725. The molecule has 1 fully saturated rings. The van der Waals surface area contributed by atoms with Crippen LogP contribution in [-0.4, -0.2) is 34.3 Å². The summed E-state index contributed by atoms with van der Waals surface area (Å²) in [5.74, 6) is -0.199. The average molecular weight is 255 g/mol. The van der Waals surface area contributed by atoms with Gasteiger partial charge < -0.3 is 9.88 Å². The number of hydrogen-bond donors (Lipinski definition) is 1. The van der Waals surface area contributed by atoms with Crippen LogP contribution in [0.15, 0.2) is 17.1 Å². The van der Waals surface area contributed by atoms with Crippen molar-refractivity contribution in [3.05, 3.63) is 33.7 Å². The minimum absolute atomic E-state index is 0.148. The number of halogens is 1. The van der Waals surface area contributed by atoms with Crippen LogP contribution in [-0.2, 0) is 0 Å². The summed E-state index contributed by atoms with van der Waals surface area (Å²) in [4.78, 5) is 28.4. The Morgan fingerprint density at radius 1 is 1.47 bits per heavy atom. The van der Waals surface area contributed by atoms with E-state index in [9.17, 15) is 9.59 Å². The van der Waals surface area contributed by atoms with E-state index in [1.54, 1.807) is 11.8 Å². The van der Waals surface area contributed by atoms with Gasteiger partial charge in [0.1, 0.15) is 5.56 Å². The first-order valence-corrected chi connectivity index (χ1v) is 6.14. The van der Waals surface area contributed by atoms with Crippen LogP contribution in [0.2, 0.25) is 0 Å². The Balaban J connectivity index is 2.17. The number of nitrogens with one attached hydrogen (secondary N) is 1. The van der Waals surface area contributed by atoms with Gasteiger partial charge in [0.15, 0.2) is 5.43 Å². The Morgan fingerprint density at radius 2 is 2.12 bits per heavy atom. The van der Waals surface area contributed by atoms with Crippen LogP contribution in [0.25, 0.3) is 0 Å². The van der Waals surface area contributed by atoms with Crippen molar-refractivity contribution in [3.8, 4) is 0 Å². The van der Waals surface area contributed by atoms with Crippen LogP contribution in [0.4, 0.5) is 0 Å². The summed E-state index contributed by atoms with van der Waals surface area (Å²) in [7, 11) is 0. The zero-order valence-corrected chi connectivity index (χ0v) is 10.5. The standard InChI is InChI=1S/C12H15ClN2O2/c1-8-6-11(16)10(7-14-8)12(17)15-4-2-9(13)3-5-15/h6-7,9H,2-5H2,1H3,(H,14,16). The second-order valence-electron chi connectivity index (χ2n) is 4.36. The van der Waals surface area contributed by atoms with Crippen molar-refractivity contribution < 1.29 is 4.79 Å². The van der Waals surface area contributed by atoms with Gasteiger partial charge in [-0.15, -0.1) is 11.6 Å². The first kappa shape index (κ1) is 12.2. The Morgan fingerprint density at radius 3 is 2.71 bits per heavy atom. The van der Waals surface area contributed by atoms with Crippen molar-refractivity contribution in [2.45, 2.75) is 25.1 Å². The fourth-order valence-electron chi connectivity index (χ4n) is 1.96. The lowest BCUT2D eigenvalue weighted by Crippen LogP contribution is -2.40. The molecule has 0 bridgehead atoms. The largest absolute Gasteiger partial charge is 0.364 e. The molecule has 1 aromatic rings. The van der Waals surface area contributed by atoms with Crippen LogP contribution in [0.5, 0.6) is 0 Å². The van der Waals surface area contributed by atoms with Crippen molar-refractivity contribution in [2.75, 3.05) is 13.1 Å². The van der Waals surface area contributed by atoms with Gasteiger partial charge >= 0.3 is 0 Å². The highest BCUT2D eigenvalue weighted by molar-refractivity contribution is 6.20. The number of pyridine rings is 1. The highest BCUT2D eigenvalue weighted by atomic mass is 35.5. The predicted octanol–water partition coefficient (Wildman–Crippen LogP) is 1.53. The molecule has 1 amide bonds. The molecule has 0 unspecified atom stereocenters. The van der Waals surface area contributed by atoms with Gasteiger partial charge in [0.25, 0.3) is 5.91 Å². The van der Waals surface area contributed by atoms with Crippen molar-refractivity contribution in [1.82, 2.24) is 9.88 Å². The van der Waals surface area contributed by atoms with Crippen LogP contribution < -0.4 is 5.43 Å². The predicted molar refractivity (Wildman–Crippen MR) is 66.6 cm³/mol. The zero-order valence-electron chi connectivity index (χ0n) is 9.70. The molecular weight excluding hydrogens is 240 g/mol. The highest BCUT2D eigenvalue weighted by Crippen LogP contribution is 2.16. The monoisotopic (exact) mass is 254 g/mol. The van der Waals surface area contributed by atoms with Gasteiger partial charge in [-0.05, 0) is 19.8 Å². The molecule has 92 valence electrons. The molecule has 17 heavy (non-hydrogen) atoms. The van der Waals surface area contributed by atoms with Crippen molar-refractivity contribution >= 4 is 17.5 Å². The topological polar surface area (TPSA) is 53.2 Å². The molecule has 1 aliphatic heterocycles. The molecule has 0 saturated carbocycles. The Labute approximate surface area is 105 Å². The van der Waals surface area contributed by atoms with Crippen LogP contribution in [0.1, 0.15) is 28.9 Å². The lowest BCUT2D eigenvalue weighted by atomic mass is 10.1. The summed E-state index contributed by atoms with van der Waals surface area (Å²) in [6, 6.07) is 1.45. The minimum Gasteiger partial charge on any atom is -0.364 e. The third kappa shape index (κ3) is 2.69. The van der Waals surface area contributed by atoms with E-state index in [4.69, 9.17) is 11.6 Å². The number of aryl methyl sites for hydroxylation is 1. The van der Waals surface area contributed by atoms with E-state index in [-0.39, 0.29) is 22.3 Å². The number of amides is 1. The second-order valence-corrected chi connectivity index (χ2v) is 4.98. The van der Waals surface area contributed by atoms with Crippen molar-refractivity contribution in [2.24, 2.45) is 0 Å². The molecule has 0 aromatic carbocycles. The summed E-state index contributed by atoms with van der Waals surface area (Å²) < 4.78 is 0. The number of likely N-dealkylation sites (tertiary alicyclic amines) is 1. The van der Waals surface area contributed by atoms with Crippen LogP contribution >= 0.6 is 11.6 Å². The summed E-state index contributed by atoms with van der Waals surface area (Å²) in [6.07, 6.45) is 3.07. The number of carbonyl (C=O) groups excluding carboxylic acids is 1. The number of hydrogen-bond acceptors (Lipinski definition) is 2. The molecule has 0 aliphatic carbocycles. The van der Waals surface area contributed by atoms with Gasteiger partial charge in [-0.25, -0.2) is 0 Å². The lowest BCUT2D eigenvalue weighted by Gasteiger charge is -2.29. The van der Waals surface area contributed by atoms with E-state index < -0.39 is 0 Å². The summed E-state index contributed by atoms with van der Waals surface area (Å²) >= 11 is 5.98. The van der Waals surface area contributed by atoms with Gasteiger partial charge in [0.05, 0.1) is 0 Å². The van der Waals surface area contributed by atoms with Crippen LogP contribution in [0, 0.1) is 6.92 Å². The molecule has 1 aromatic heterocycles. The molecule has 1 saturated heterocycles. The molecule has 2 heterocycles. The molecule has 0 atom stereocenters. The maximum Gasteiger partial charge on any atom is 0.259 e. The maximum atomic E-state index is 12.1. The molecule has 2 rings (SSSR count). The van der Waals surface area contributed by atoms with Gasteiger partial charge in [0.2, 0.25) is 0 Å². The first-order valence-electron chi connectivity index (χ1n) is 5.70. The van der Waals surface area contributed by atoms with E-state index in [0.29, 0.717) is 13.1 Å². The number of rotatable bonds is 1.